The summed E-state index contributed by atoms with van der Waals surface area (Å²) in [6, 6.07) is 9.95. The molecule has 1 aliphatic rings. The molecule has 142 valence electrons. The van der Waals surface area contributed by atoms with Gasteiger partial charge in [-0.05, 0) is 50.8 Å². The first kappa shape index (κ1) is 17.7. The predicted octanol–water partition coefficient (Wildman–Crippen LogP) is 1.30. The number of rotatable bonds is 4. The van der Waals surface area contributed by atoms with Crippen LogP contribution >= 0.6 is 0 Å². The topological polar surface area (TPSA) is 79.0 Å². The average Bonchev–Trinajstić information content (AvgIpc) is 3.16. The van der Waals surface area contributed by atoms with E-state index in [0.717, 1.165) is 41.4 Å². The van der Waals surface area contributed by atoms with Crippen LogP contribution in [0.2, 0.25) is 0 Å². The van der Waals surface area contributed by atoms with Crippen LogP contribution in [0.4, 0.5) is 5.69 Å². The van der Waals surface area contributed by atoms with E-state index >= 15 is 0 Å². The molecule has 2 atom stereocenters. The molecule has 1 saturated heterocycles. The van der Waals surface area contributed by atoms with Gasteiger partial charge in [0.05, 0.1) is 30.6 Å². The highest BCUT2D eigenvalue weighted by Gasteiger charge is 2.30. The van der Waals surface area contributed by atoms with Crippen molar-refractivity contribution in [3.05, 3.63) is 36.7 Å². The second-order valence-corrected chi connectivity index (χ2v) is 7.08. The monoisotopic (exact) mass is 368 g/mol. The van der Waals surface area contributed by atoms with E-state index in [-0.39, 0.29) is 12.1 Å². The van der Waals surface area contributed by atoms with Gasteiger partial charge in [0.15, 0.2) is 0 Å². The van der Waals surface area contributed by atoms with Gasteiger partial charge in [-0.2, -0.15) is 9.61 Å². The van der Waals surface area contributed by atoms with E-state index < -0.39 is 0 Å². The number of aromatic nitrogens is 4. The molecule has 27 heavy (non-hydrogen) atoms. The standard InChI is InChI=1S/C19H24N6O2/c1-23(2)17-11-24(9-8-18(17)26)16-10-15(22-25-12-20-21-19(16)25)13-4-6-14(27-3)7-5-13/h4-7,10,12,17-18,26H,8-9,11H2,1-3H3/t17-,18+/m1/s1. The summed E-state index contributed by atoms with van der Waals surface area (Å²) in [5, 5.41) is 23.3. The Hall–Kier alpha value is -2.71. The van der Waals surface area contributed by atoms with Crippen molar-refractivity contribution in [3.8, 4) is 17.0 Å². The molecular formula is C19H24N6O2. The van der Waals surface area contributed by atoms with Crippen LogP contribution in [0.3, 0.4) is 0 Å². The molecule has 0 bridgehead atoms. The van der Waals surface area contributed by atoms with Crippen LogP contribution in [0.5, 0.6) is 5.75 Å². The lowest BCUT2D eigenvalue weighted by Gasteiger charge is -2.40. The summed E-state index contributed by atoms with van der Waals surface area (Å²) in [6.45, 7) is 1.49. The van der Waals surface area contributed by atoms with E-state index in [2.05, 4.69) is 31.2 Å². The Morgan fingerprint density at radius 2 is 2.00 bits per heavy atom. The minimum absolute atomic E-state index is 0.0688. The average molecular weight is 368 g/mol. The molecule has 2 aromatic heterocycles. The zero-order valence-corrected chi connectivity index (χ0v) is 15.8. The van der Waals surface area contributed by atoms with E-state index in [1.165, 1.54) is 0 Å². The second kappa shape index (κ2) is 7.13. The van der Waals surface area contributed by atoms with E-state index in [1.807, 2.05) is 38.4 Å². The molecule has 0 saturated carbocycles. The van der Waals surface area contributed by atoms with Crippen LogP contribution in [0.15, 0.2) is 36.7 Å². The first-order valence-corrected chi connectivity index (χ1v) is 9.02. The smallest absolute Gasteiger partial charge is 0.200 e. The SMILES string of the molecule is COc1ccc(-c2cc(N3CC[C@H](O)[C@H](N(C)C)C3)c3nncn3n2)cc1. The summed E-state index contributed by atoms with van der Waals surface area (Å²) in [4.78, 5) is 4.33. The molecule has 8 nitrogen and oxygen atoms in total. The number of nitrogens with zero attached hydrogens (tertiary/aromatic N) is 6. The van der Waals surface area contributed by atoms with Gasteiger partial charge in [0.25, 0.3) is 0 Å². The molecule has 4 rings (SSSR count). The molecular weight excluding hydrogens is 344 g/mol. The molecule has 3 heterocycles. The van der Waals surface area contributed by atoms with Crippen LogP contribution in [0.25, 0.3) is 16.9 Å². The van der Waals surface area contributed by atoms with Gasteiger partial charge in [0.1, 0.15) is 12.1 Å². The third kappa shape index (κ3) is 3.33. The molecule has 1 aromatic carbocycles. The fourth-order valence-electron chi connectivity index (χ4n) is 3.59. The van der Waals surface area contributed by atoms with Gasteiger partial charge in [-0.25, -0.2) is 0 Å². The lowest BCUT2D eigenvalue weighted by Crippen LogP contribution is -2.53. The number of methoxy groups -OCH3 is 1. The Bertz CT molecular complexity index is 924. The van der Waals surface area contributed by atoms with Gasteiger partial charge in [0, 0.05) is 18.7 Å². The molecule has 0 radical (unpaired) electrons. The molecule has 1 fully saturated rings. The van der Waals surface area contributed by atoms with Crippen molar-refractivity contribution < 1.29 is 9.84 Å². The molecule has 0 spiro atoms. The molecule has 0 amide bonds. The van der Waals surface area contributed by atoms with Crippen molar-refractivity contribution in [2.75, 3.05) is 39.2 Å². The minimum atomic E-state index is -0.326. The van der Waals surface area contributed by atoms with Crippen molar-refractivity contribution in [2.45, 2.75) is 18.6 Å². The fourth-order valence-corrected chi connectivity index (χ4v) is 3.59. The zero-order chi connectivity index (χ0) is 19.0. The maximum absolute atomic E-state index is 10.3. The Morgan fingerprint density at radius 3 is 2.70 bits per heavy atom. The maximum Gasteiger partial charge on any atom is 0.200 e. The fraction of sp³-hybridized carbons (Fsp3) is 0.421. The number of benzene rings is 1. The first-order chi connectivity index (χ1) is 13.1. The first-order valence-electron chi connectivity index (χ1n) is 9.02. The van der Waals surface area contributed by atoms with Gasteiger partial charge in [0.2, 0.25) is 5.65 Å². The number of piperidine rings is 1. The van der Waals surface area contributed by atoms with Crippen molar-refractivity contribution >= 4 is 11.3 Å². The third-order valence-electron chi connectivity index (χ3n) is 5.18. The lowest BCUT2D eigenvalue weighted by molar-refractivity contribution is 0.0603. The van der Waals surface area contributed by atoms with Crippen molar-refractivity contribution in [2.24, 2.45) is 0 Å². The van der Waals surface area contributed by atoms with E-state index in [1.54, 1.807) is 18.0 Å². The summed E-state index contributed by atoms with van der Waals surface area (Å²) < 4.78 is 6.96. The van der Waals surface area contributed by atoms with Gasteiger partial charge in [-0.1, -0.05) is 0 Å². The normalized spacial score (nSPS) is 20.4. The maximum atomic E-state index is 10.3. The largest absolute Gasteiger partial charge is 0.497 e. The van der Waals surface area contributed by atoms with E-state index in [9.17, 15) is 5.11 Å². The van der Waals surface area contributed by atoms with Gasteiger partial charge in [-0.15, -0.1) is 10.2 Å². The van der Waals surface area contributed by atoms with Crippen molar-refractivity contribution in [1.29, 1.82) is 0 Å². The van der Waals surface area contributed by atoms with Gasteiger partial charge in [-0.3, -0.25) is 0 Å². The van der Waals surface area contributed by atoms with Crippen molar-refractivity contribution in [1.82, 2.24) is 24.7 Å². The number of hydrogen-bond donors (Lipinski definition) is 1. The van der Waals surface area contributed by atoms with E-state index in [4.69, 9.17) is 4.74 Å². The summed E-state index contributed by atoms with van der Waals surface area (Å²) in [5.41, 5.74) is 3.54. The lowest BCUT2D eigenvalue weighted by atomic mass is 10.0. The predicted molar refractivity (Wildman–Crippen MR) is 103 cm³/mol. The van der Waals surface area contributed by atoms with Crippen LogP contribution in [-0.4, -0.2) is 76.3 Å². The minimum Gasteiger partial charge on any atom is -0.497 e. The Balaban J connectivity index is 1.74. The van der Waals surface area contributed by atoms with Crippen LogP contribution in [0, 0.1) is 0 Å². The number of ether oxygens (including phenoxy) is 1. The highest BCUT2D eigenvalue weighted by molar-refractivity contribution is 5.74. The van der Waals surface area contributed by atoms with Crippen molar-refractivity contribution in [3.63, 3.8) is 0 Å². The molecule has 3 aromatic rings. The summed E-state index contributed by atoms with van der Waals surface area (Å²) in [7, 11) is 5.65. The van der Waals surface area contributed by atoms with Gasteiger partial charge >= 0.3 is 0 Å². The number of likely N-dealkylation sites (N-methyl/N-ethyl adjacent to an activating group) is 1. The third-order valence-corrected chi connectivity index (χ3v) is 5.18. The number of anilines is 1. The molecule has 0 aliphatic carbocycles. The number of aliphatic hydroxyl groups excluding tert-OH is 1. The second-order valence-electron chi connectivity index (χ2n) is 7.08. The summed E-state index contributed by atoms with van der Waals surface area (Å²) >= 11 is 0. The van der Waals surface area contributed by atoms with Crippen LogP contribution in [0.1, 0.15) is 6.42 Å². The number of hydrogen-bond acceptors (Lipinski definition) is 7. The highest BCUT2D eigenvalue weighted by atomic mass is 16.5. The van der Waals surface area contributed by atoms with Gasteiger partial charge < -0.3 is 19.6 Å². The molecule has 8 heteroatoms. The molecule has 1 aliphatic heterocycles. The number of fused-ring (bicyclic) bond motifs is 1. The molecule has 0 unspecified atom stereocenters. The van der Waals surface area contributed by atoms with E-state index in [0.29, 0.717) is 6.42 Å². The summed E-state index contributed by atoms with van der Waals surface area (Å²) in [6.07, 6.45) is 2.00. The summed E-state index contributed by atoms with van der Waals surface area (Å²) in [5.74, 6) is 0.809. The molecule has 1 N–H and O–H groups in total. The Kier molecular flexibility index (Phi) is 4.67. The highest BCUT2D eigenvalue weighted by Crippen LogP contribution is 2.29. The Morgan fingerprint density at radius 1 is 1.22 bits per heavy atom. The Labute approximate surface area is 158 Å². The quantitative estimate of drug-likeness (QED) is 0.744. The number of aliphatic hydroxyl groups is 1. The van der Waals surface area contributed by atoms with Crippen LogP contribution in [-0.2, 0) is 0 Å². The van der Waals surface area contributed by atoms with Crippen LogP contribution < -0.4 is 9.64 Å². The zero-order valence-electron chi connectivity index (χ0n) is 15.8.